The molecular formula is C19H35BN4O5. The third kappa shape index (κ3) is 11.9. The Morgan fingerprint density at radius 1 is 1.00 bits per heavy atom. The second-order valence-electron chi connectivity index (χ2n) is 7.90. The monoisotopic (exact) mass is 410 g/mol. The number of nitrogens with two attached hydrogens (primary N) is 1. The van der Waals surface area contributed by atoms with Gasteiger partial charge in [-0.25, -0.2) is 4.79 Å². The van der Waals surface area contributed by atoms with Gasteiger partial charge in [0.25, 0.3) is 0 Å². The van der Waals surface area contributed by atoms with Gasteiger partial charge in [-0.2, -0.15) is 0 Å². The number of Topliss-reactive ketones (excluding diaryl/α,β-unsaturated/α-hetero) is 1. The molecule has 10 heteroatoms. The third-order valence-electron chi connectivity index (χ3n) is 4.40. The number of primary amides is 1. The lowest BCUT2D eigenvalue weighted by molar-refractivity contribution is -0.133. The van der Waals surface area contributed by atoms with Crippen molar-refractivity contribution in [2.24, 2.45) is 17.6 Å². The van der Waals surface area contributed by atoms with E-state index < -0.39 is 24.0 Å². The maximum Gasteiger partial charge on any atom is 0.312 e. The van der Waals surface area contributed by atoms with Crippen LogP contribution in [0.1, 0.15) is 53.9 Å². The van der Waals surface area contributed by atoms with Gasteiger partial charge in [-0.1, -0.05) is 34.0 Å². The largest absolute Gasteiger partial charge is 0.352 e. The van der Waals surface area contributed by atoms with Crippen molar-refractivity contribution in [2.45, 2.75) is 72.3 Å². The fraction of sp³-hybridized carbons (Fsp3) is 0.737. The van der Waals surface area contributed by atoms with Gasteiger partial charge in [0.05, 0.1) is 11.7 Å². The zero-order valence-corrected chi connectivity index (χ0v) is 18.2. The maximum atomic E-state index is 12.8. The summed E-state index contributed by atoms with van der Waals surface area (Å²) in [6, 6.07) is -2.15. The lowest BCUT2D eigenvalue weighted by atomic mass is 9.69. The van der Waals surface area contributed by atoms with Gasteiger partial charge in [-0.3, -0.25) is 14.4 Å². The first-order valence-corrected chi connectivity index (χ1v) is 10.1. The number of carbonyl (C=O) groups excluding carboxylic acids is 5. The Morgan fingerprint density at radius 2 is 1.62 bits per heavy atom. The number of rotatable bonds is 14. The van der Waals surface area contributed by atoms with E-state index in [0.717, 1.165) is 0 Å². The number of amides is 4. The van der Waals surface area contributed by atoms with Crippen molar-refractivity contribution in [3.8, 4) is 0 Å². The molecule has 0 aliphatic carbocycles. The van der Waals surface area contributed by atoms with E-state index in [9.17, 15) is 24.0 Å². The maximum absolute atomic E-state index is 12.8. The van der Waals surface area contributed by atoms with E-state index in [1.165, 1.54) is 6.92 Å². The highest BCUT2D eigenvalue weighted by atomic mass is 16.2. The van der Waals surface area contributed by atoms with Gasteiger partial charge in [0.15, 0.2) is 5.78 Å². The molecule has 0 aromatic carbocycles. The average Bonchev–Trinajstić information content (AvgIpc) is 2.60. The molecule has 0 spiro atoms. The minimum Gasteiger partial charge on any atom is -0.352 e. The normalized spacial score (nSPS) is 12.8. The quantitative estimate of drug-likeness (QED) is 0.236. The van der Waals surface area contributed by atoms with Crippen LogP contribution in [0.5, 0.6) is 0 Å². The standard InChI is InChI=1S/C19H35BN4O5/c1-11(2)16(24-15(26)8-9-20-13(5)25)18(28)23-14(17(27)12(3)4)7-6-10-22-19(21)29/h11-12,14,16,20H,6-10H2,1-5H3,(H,23,28)(H,24,26)(H3,21,22,29). The average molecular weight is 410 g/mol. The number of urea groups is 1. The summed E-state index contributed by atoms with van der Waals surface area (Å²) >= 11 is 0. The molecule has 29 heavy (non-hydrogen) atoms. The second-order valence-corrected chi connectivity index (χ2v) is 7.90. The van der Waals surface area contributed by atoms with Gasteiger partial charge >= 0.3 is 6.03 Å². The summed E-state index contributed by atoms with van der Waals surface area (Å²) < 4.78 is 0. The van der Waals surface area contributed by atoms with Gasteiger partial charge in [0.2, 0.25) is 19.1 Å². The molecule has 2 atom stereocenters. The van der Waals surface area contributed by atoms with E-state index in [-0.39, 0.29) is 35.6 Å². The van der Waals surface area contributed by atoms with Crippen LogP contribution in [0.2, 0.25) is 6.32 Å². The van der Waals surface area contributed by atoms with Gasteiger partial charge < -0.3 is 26.5 Å². The highest BCUT2D eigenvalue weighted by molar-refractivity contribution is 6.73. The molecule has 0 aliphatic heterocycles. The molecule has 0 fully saturated rings. The van der Waals surface area contributed by atoms with Gasteiger partial charge in [-0.05, 0) is 25.7 Å². The predicted octanol–water partition coefficient (Wildman–Crippen LogP) is 0.0770. The van der Waals surface area contributed by atoms with Crippen LogP contribution in [0, 0.1) is 11.8 Å². The van der Waals surface area contributed by atoms with E-state index in [1.807, 2.05) is 0 Å². The molecule has 0 radical (unpaired) electrons. The van der Waals surface area contributed by atoms with E-state index in [4.69, 9.17) is 5.73 Å². The second kappa shape index (κ2) is 13.7. The molecule has 0 aromatic rings. The Hall–Kier alpha value is -2.39. The van der Waals surface area contributed by atoms with Gasteiger partial charge in [-0.15, -0.1) is 0 Å². The van der Waals surface area contributed by atoms with Gasteiger partial charge in [0, 0.05) is 18.9 Å². The summed E-state index contributed by atoms with van der Waals surface area (Å²) in [5.74, 6) is -1.31. The summed E-state index contributed by atoms with van der Waals surface area (Å²) in [4.78, 5) is 59.1. The number of hydrogen-bond donors (Lipinski definition) is 4. The first-order chi connectivity index (χ1) is 13.5. The number of carbonyl (C=O) groups is 5. The van der Waals surface area contributed by atoms with Crippen LogP contribution in [-0.4, -0.2) is 55.2 Å². The number of ketones is 1. The zero-order valence-electron chi connectivity index (χ0n) is 18.2. The SMILES string of the molecule is CC(=O)BCCC(=O)NC(C(=O)NC(CCCNC(N)=O)C(=O)C(C)C)C(C)C. The molecule has 0 rings (SSSR count). The van der Waals surface area contributed by atoms with E-state index in [2.05, 4.69) is 16.0 Å². The topological polar surface area (TPSA) is 147 Å². The highest BCUT2D eigenvalue weighted by Gasteiger charge is 2.29. The van der Waals surface area contributed by atoms with Crippen molar-refractivity contribution < 1.29 is 24.0 Å². The molecule has 0 aromatic heterocycles. The number of nitrogens with one attached hydrogen (secondary N) is 3. The van der Waals surface area contributed by atoms with Crippen LogP contribution < -0.4 is 21.7 Å². The van der Waals surface area contributed by atoms with E-state index in [0.29, 0.717) is 33.0 Å². The minimum atomic E-state index is -0.786. The Kier molecular flexibility index (Phi) is 12.6. The van der Waals surface area contributed by atoms with Crippen LogP contribution in [0.25, 0.3) is 0 Å². The zero-order chi connectivity index (χ0) is 22.6. The first kappa shape index (κ1) is 26.6. The van der Waals surface area contributed by atoms with Crippen LogP contribution in [0.15, 0.2) is 0 Å². The molecule has 0 saturated heterocycles. The Morgan fingerprint density at radius 3 is 2.10 bits per heavy atom. The van der Waals surface area contributed by atoms with E-state index >= 15 is 0 Å². The van der Waals surface area contributed by atoms with Crippen LogP contribution in [0.4, 0.5) is 4.79 Å². The van der Waals surface area contributed by atoms with E-state index in [1.54, 1.807) is 27.7 Å². The Balaban J connectivity index is 4.94. The third-order valence-corrected chi connectivity index (χ3v) is 4.40. The smallest absolute Gasteiger partial charge is 0.312 e. The summed E-state index contributed by atoms with van der Waals surface area (Å²) in [6.07, 6.45) is 1.40. The Labute approximate surface area is 173 Å². The molecule has 9 nitrogen and oxygen atoms in total. The molecular weight excluding hydrogens is 375 g/mol. The molecule has 164 valence electrons. The fourth-order valence-corrected chi connectivity index (χ4v) is 2.75. The molecule has 2 unspecified atom stereocenters. The molecule has 0 aliphatic rings. The lowest BCUT2D eigenvalue weighted by Gasteiger charge is -2.26. The molecule has 0 heterocycles. The Bertz CT molecular complexity index is 595. The molecule has 0 saturated carbocycles. The van der Waals surface area contributed by atoms with Crippen molar-refractivity contribution in [1.82, 2.24) is 16.0 Å². The predicted molar refractivity (Wildman–Crippen MR) is 113 cm³/mol. The summed E-state index contributed by atoms with van der Waals surface area (Å²) in [5.41, 5.74) is 5.03. The van der Waals surface area contributed by atoms with Crippen LogP contribution >= 0.6 is 0 Å². The minimum absolute atomic E-state index is 0.0109. The summed E-state index contributed by atoms with van der Waals surface area (Å²) in [7, 11) is 0.316. The van der Waals surface area contributed by atoms with Gasteiger partial charge in [0.1, 0.15) is 6.04 Å². The fourth-order valence-electron chi connectivity index (χ4n) is 2.75. The van der Waals surface area contributed by atoms with Crippen molar-refractivity contribution in [3.63, 3.8) is 0 Å². The van der Waals surface area contributed by atoms with Crippen molar-refractivity contribution in [1.29, 1.82) is 0 Å². The molecule has 4 amide bonds. The summed E-state index contributed by atoms with van der Waals surface area (Å²) in [6.45, 7) is 8.87. The molecule has 0 bridgehead atoms. The van der Waals surface area contributed by atoms with Crippen LogP contribution in [0.3, 0.4) is 0 Å². The van der Waals surface area contributed by atoms with Crippen molar-refractivity contribution in [2.75, 3.05) is 6.54 Å². The first-order valence-electron chi connectivity index (χ1n) is 10.1. The highest BCUT2D eigenvalue weighted by Crippen LogP contribution is 2.09. The van der Waals surface area contributed by atoms with Crippen molar-refractivity contribution >= 4 is 36.6 Å². The molecule has 5 N–H and O–H groups in total. The number of hydrogen-bond acceptors (Lipinski definition) is 5. The van der Waals surface area contributed by atoms with Crippen molar-refractivity contribution in [3.05, 3.63) is 0 Å². The summed E-state index contributed by atoms with van der Waals surface area (Å²) in [5, 5.41) is 7.90. The lowest BCUT2D eigenvalue weighted by Crippen LogP contribution is -2.54. The van der Waals surface area contributed by atoms with Crippen LogP contribution in [-0.2, 0) is 19.2 Å².